The van der Waals surface area contributed by atoms with Crippen LogP contribution in [-0.2, 0) is 6.42 Å². The molecule has 2 amide bonds. The molecule has 1 fully saturated rings. The number of hydrogen-bond donors (Lipinski definition) is 3. The Hall–Kier alpha value is -1.14. The molecule has 1 saturated carbocycles. The molecule has 2 unspecified atom stereocenters. The summed E-state index contributed by atoms with van der Waals surface area (Å²) in [7, 11) is 0. The fourth-order valence-corrected chi connectivity index (χ4v) is 3.61. The zero-order valence-electron chi connectivity index (χ0n) is 12.8. The quantitative estimate of drug-likeness (QED) is 0.780. The zero-order valence-corrected chi connectivity index (χ0v) is 13.6. The van der Waals surface area contributed by atoms with Crippen LogP contribution in [0.2, 0.25) is 0 Å². The molecule has 21 heavy (non-hydrogen) atoms. The molecule has 3 N–H and O–H groups in total. The lowest BCUT2D eigenvalue weighted by Crippen LogP contribution is -2.40. The van der Waals surface area contributed by atoms with Gasteiger partial charge >= 0.3 is 6.03 Å². The second-order valence-corrected chi connectivity index (χ2v) is 7.11. The van der Waals surface area contributed by atoms with E-state index < -0.39 is 0 Å². The van der Waals surface area contributed by atoms with Gasteiger partial charge in [0.25, 0.3) is 0 Å². The van der Waals surface area contributed by atoms with Gasteiger partial charge in [0, 0.05) is 24.4 Å². The van der Waals surface area contributed by atoms with E-state index in [0.717, 1.165) is 42.8 Å². The summed E-state index contributed by atoms with van der Waals surface area (Å²) < 4.78 is 0. The van der Waals surface area contributed by atoms with Crippen molar-refractivity contribution in [3.05, 3.63) is 15.6 Å². The third kappa shape index (κ3) is 5.28. The van der Waals surface area contributed by atoms with Gasteiger partial charge in [0.2, 0.25) is 0 Å². The average molecular weight is 311 g/mol. The maximum Gasteiger partial charge on any atom is 0.314 e. The van der Waals surface area contributed by atoms with Crippen molar-refractivity contribution < 1.29 is 9.90 Å². The van der Waals surface area contributed by atoms with Gasteiger partial charge in [-0.1, -0.05) is 6.42 Å². The Balaban J connectivity index is 1.61. The number of nitrogens with zero attached hydrogens (tertiary/aromatic N) is 1. The Morgan fingerprint density at radius 1 is 1.38 bits per heavy atom. The minimum atomic E-state index is -0.190. The molecule has 1 aromatic heterocycles. The maximum absolute atomic E-state index is 11.7. The number of urea groups is 1. The number of aliphatic hydroxyl groups is 1. The summed E-state index contributed by atoms with van der Waals surface area (Å²) in [6, 6.07) is -0.125. The van der Waals surface area contributed by atoms with Gasteiger partial charge in [-0.2, -0.15) is 0 Å². The highest BCUT2D eigenvalue weighted by Crippen LogP contribution is 2.23. The Morgan fingerprint density at radius 2 is 2.19 bits per heavy atom. The third-order valence-corrected chi connectivity index (χ3v) is 5.14. The van der Waals surface area contributed by atoms with Crippen LogP contribution in [0.1, 0.15) is 41.3 Å². The van der Waals surface area contributed by atoms with Gasteiger partial charge < -0.3 is 15.7 Å². The van der Waals surface area contributed by atoms with E-state index in [1.807, 2.05) is 6.92 Å². The number of aliphatic hydroxyl groups excluding tert-OH is 1. The van der Waals surface area contributed by atoms with E-state index in [0.29, 0.717) is 19.0 Å². The maximum atomic E-state index is 11.7. The van der Waals surface area contributed by atoms with Crippen LogP contribution >= 0.6 is 11.3 Å². The lowest BCUT2D eigenvalue weighted by molar-refractivity contribution is 0.101. The van der Waals surface area contributed by atoms with Gasteiger partial charge in [-0.3, -0.25) is 0 Å². The van der Waals surface area contributed by atoms with Gasteiger partial charge in [0.15, 0.2) is 0 Å². The van der Waals surface area contributed by atoms with Gasteiger partial charge in [-0.25, -0.2) is 9.78 Å². The predicted molar refractivity (Wildman–Crippen MR) is 84.7 cm³/mol. The number of hydrogen-bond acceptors (Lipinski definition) is 4. The third-order valence-electron chi connectivity index (χ3n) is 4.00. The van der Waals surface area contributed by atoms with Crippen molar-refractivity contribution in [2.24, 2.45) is 5.92 Å². The fourth-order valence-electron chi connectivity index (χ4n) is 2.68. The summed E-state index contributed by atoms with van der Waals surface area (Å²) in [6.45, 7) is 5.33. The number of amides is 2. The van der Waals surface area contributed by atoms with E-state index in [-0.39, 0.29) is 12.1 Å². The molecule has 118 valence electrons. The standard InChI is InChI=1S/C15H25N3O2S/c1-10-11(2)21-14(18-10)6-7-16-15(20)17-9-12-4-3-5-13(19)8-12/h12-13,19H,3-9H2,1-2H3,(H2,16,17,20). The van der Waals surface area contributed by atoms with Crippen molar-refractivity contribution >= 4 is 17.4 Å². The Morgan fingerprint density at radius 3 is 2.86 bits per heavy atom. The highest BCUT2D eigenvalue weighted by molar-refractivity contribution is 7.11. The molecular formula is C15H25N3O2S. The number of aryl methyl sites for hydroxylation is 2. The van der Waals surface area contributed by atoms with E-state index in [4.69, 9.17) is 0 Å². The van der Waals surface area contributed by atoms with Crippen molar-refractivity contribution in [3.8, 4) is 0 Å². The topological polar surface area (TPSA) is 74.2 Å². The summed E-state index contributed by atoms with van der Waals surface area (Å²) in [5.41, 5.74) is 1.08. The summed E-state index contributed by atoms with van der Waals surface area (Å²) in [5, 5.41) is 16.4. The molecule has 0 radical (unpaired) electrons. The monoisotopic (exact) mass is 311 g/mol. The van der Waals surface area contributed by atoms with E-state index in [1.165, 1.54) is 4.88 Å². The van der Waals surface area contributed by atoms with E-state index in [1.54, 1.807) is 11.3 Å². The predicted octanol–water partition coefficient (Wildman–Crippen LogP) is 2.15. The molecule has 0 saturated heterocycles. The van der Waals surface area contributed by atoms with Crippen LogP contribution in [0.5, 0.6) is 0 Å². The zero-order chi connectivity index (χ0) is 15.2. The Labute approximate surface area is 130 Å². The number of nitrogens with one attached hydrogen (secondary N) is 2. The van der Waals surface area contributed by atoms with Gasteiger partial charge in [-0.05, 0) is 39.0 Å². The number of rotatable bonds is 5. The summed E-state index contributed by atoms with van der Waals surface area (Å²) >= 11 is 1.69. The second-order valence-electron chi connectivity index (χ2n) is 5.82. The molecule has 0 bridgehead atoms. The van der Waals surface area contributed by atoms with Gasteiger partial charge in [-0.15, -0.1) is 11.3 Å². The lowest BCUT2D eigenvalue weighted by Gasteiger charge is -2.25. The molecule has 5 nitrogen and oxygen atoms in total. The van der Waals surface area contributed by atoms with E-state index >= 15 is 0 Å². The van der Waals surface area contributed by atoms with Crippen molar-refractivity contribution in [2.45, 2.75) is 52.1 Å². The molecule has 6 heteroatoms. The number of carbonyl (C=O) groups excluding carboxylic acids is 1. The van der Waals surface area contributed by atoms with Gasteiger partial charge in [0.05, 0.1) is 16.8 Å². The fraction of sp³-hybridized carbons (Fsp3) is 0.733. The van der Waals surface area contributed by atoms with Crippen molar-refractivity contribution in [1.82, 2.24) is 15.6 Å². The van der Waals surface area contributed by atoms with Crippen LogP contribution in [0.4, 0.5) is 4.79 Å². The van der Waals surface area contributed by atoms with Crippen LogP contribution < -0.4 is 10.6 Å². The molecule has 1 heterocycles. The molecule has 1 aliphatic carbocycles. The average Bonchev–Trinajstić information content (AvgIpc) is 2.75. The molecule has 2 atom stereocenters. The molecule has 0 aliphatic heterocycles. The number of thiazole rings is 1. The van der Waals surface area contributed by atoms with Crippen molar-refractivity contribution in [1.29, 1.82) is 0 Å². The molecule has 0 spiro atoms. The summed E-state index contributed by atoms with van der Waals surface area (Å²) in [4.78, 5) is 17.4. The summed E-state index contributed by atoms with van der Waals surface area (Å²) in [5.74, 6) is 0.406. The highest BCUT2D eigenvalue weighted by atomic mass is 32.1. The van der Waals surface area contributed by atoms with E-state index in [2.05, 4.69) is 22.5 Å². The van der Waals surface area contributed by atoms with Crippen molar-refractivity contribution in [2.75, 3.05) is 13.1 Å². The largest absolute Gasteiger partial charge is 0.393 e. The van der Waals surface area contributed by atoms with Gasteiger partial charge in [0.1, 0.15) is 0 Å². The van der Waals surface area contributed by atoms with E-state index in [9.17, 15) is 9.90 Å². The van der Waals surface area contributed by atoms with Crippen LogP contribution in [-0.4, -0.2) is 35.3 Å². The molecule has 0 aromatic carbocycles. The van der Waals surface area contributed by atoms with Crippen LogP contribution in [0.3, 0.4) is 0 Å². The minimum Gasteiger partial charge on any atom is -0.393 e. The number of carbonyl (C=O) groups is 1. The highest BCUT2D eigenvalue weighted by Gasteiger charge is 2.20. The minimum absolute atomic E-state index is 0.125. The van der Waals surface area contributed by atoms with Crippen molar-refractivity contribution in [3.63, 3.8) is 0 Å². The molecule has 1 aliphatic rings. The molecular weight excluding hydrogens is 286 g/mol. The normalized spacial score (nSPS) is 22.0. The number of aromatic nitrogens is 1. The Kier molecular flexibility index (Phi) is 5.99. The second kappa shape index (κ2) is 7.75. The molecule has 1 aromatic rings. The first-order valence-corrected chi connectivity index (χ1v) is 8.49. The molecule has 2 rings (SSSR count). The lowest BCUT2D eigenvalue weighted by atomic mass is 9.87. The van der Waals surface area contributed by atoms with Crippen LogP contribution in [0.25, 0.3) is 0 Å². The SMILES string of the molecule is Cc1nc(CCNC(=O)NCC2CCCC(O)C2)sc1C. The first-order chi connectivity index (χ1) is 10.0. The van der Waals surface area contributed by atoms with Crippen LogP contribution in [0, 0.1) is 19.8 Å². The first-order valence-electron chi connectivity index (χ1n) is 7.67. The summed E-state index contributed by atoms with van der Waals surface area (Å²) in [6.07, 6.45) is 4.43. The Bertz CT molecular complexity index is 456. The van der Waals surface area contributed by atoms with Crippen LogP contribution in [0.15, 0.2) is 0 Å². The first kappa shape index (κ1) is 16.2. The smallest absolute Gasteiger partial charge is 0.314 e.